The Balaban J connectivity index is 1.68. The van der Waals surface area contributed by atoms with Crippen LogP contribution in [0.4, 0.5) is 5.69 Å². The van der Waals surface area contributed by atoms with Gasteiger partial charge < -0.3 is 16.0 Å². The van der Waals surface area contributed by atoms with Gasteiger partial charge >= 0.3 is 0 Å². The average Bonchev–Trinajstić information content (AvgIpc) is 2.60. The van der Waals surface area contributed by atoms with Crippen LogP contribution in [0.3, 0.4) is 0 Å². The summed E-state index contributed by atoms with van der Waals surface area (Å²) < 4.78 is 0. The molecule has 0 bridgehead atoms. The normalized spacial score (nSPS) is 13.2. The first kappa shape index (κ1) is 16.1. The summed E-state index contributed by atoms with van der Waals surface area (Å²) in [5, 5.41) is 2.94. The van der Waals surface area contributed by atoms with Crippen LogP contribution in [-0.2, 0) is 17.8 Å². The number of carbonyl (C=O) groups excluding carboxylic acids is 2. The van der Waals surface area contributed by atoms with Crippen molar-refractivity contribution in [3.63, 3.8) is 0 Å². The van der Waals surface area contributed by atoms with Crippen LogP contribution in [0.25, 0.3) is 0 Å². The zero-order valence-corrected chi connectivity index (χ0v) is 13.5. The average molecular weight is 323 g/mol. The smallest absolute Gasteiger partial charge is 0.249 e. The first-order valence-electron chi connectivity index (χ1n) is 8.12. The van der Waals surface area contributed by atoms with Crippen LogP contribution in [0.1, 0.15) is 27.9 Å². The molecule has 3 rings (SSSR count). The van der Waals surface area contributed by atoms with Crippen molar-refractivity contribution in [2.24, 2.45) is 5.73 Å². The topological polar surface area (TPSA) is 75.4 Å². The number of hydrogen-bond donors (Lipinski definition) is 2. The molecule has 0 unspecified atom stereocenters. The monoisotopic (exact) mass is 323 g/mol. The van der Waals surface area contributed by atoms with Gasteiger partial charge in [-0.05, 0) is 36.1 Å². The molecule has 2 aromatic rings. The molecule has 3 N–H and O–H groups in total. The van der Waals surface area contributed by atoms with Crippen LogP contribution in [0.15, 0.2) is 48.5 Å². The van der Waals surface area contributed by atoms with Crippen molar-refractivity contribution in [2.75, 3.05) is 18.0 Å². The minimum Gasteiger partial charge on any atom is -0.366 e. The van der Waals surface area contributed by atoms with Crippen molar-refractivity contribution < 1.29 is 9.59 Å². The van der Waals surface area contributed by atoms with Gasteiger partial charge in [-0.2, -0.15) is 0 Å². The zero-order chi connectivity index (χ0) is 16.9. The molecule has 124 valence electrons. The van der Waals surface area contributed by atoms with E-state index >= 15 is 0 Å². The number of benzene rings is 2. The van der Waals surface area contributed by atoms with E-state index in [4.69, 9.17) is 5.73 Å². The third-order valence-corrected chi connectivity index (χ3v) is 4.28. The summed E-state index contributed by atoms with van der Waals surface area (Å²) >= 11 is 0. The molecule has 0 spiro atoms. The number of carbonyl (C=O) groups is 2. The van der Waals surface area contributed by atoms with E-state index in [-0.39, 0.29) is 12.5 Å². The Kier molecular flexibility index (Phi) is 4.79. The number of hydrogen-bond acceptors (Lipinski definition) is 3. The van der Waals surface area contributed by atoms with Crippen molar-refractivity contribution in [1.29, 1.82) is 0 Å². The SMILES string of the molecule is NC(=O)c1cccc2c1CCCN2CC(=O)NCc1ccccc1. The Morgan fingerprint density at radius 1 is 1.08 bits per heavy atom. The van der Waals surface area contributed by atoms with E-state index in [1.807, 2.05) is 47.4 Å². The lowest BCUT2D eigenvalue weighted by molar-refractivity contribution is -0.119. The minimum atomic E-state index is -0.415. The van der Waals surface area contributed by atoms with Gasteiger partial charge in [-0.3, -0.25) is 9.59 Å². The van der Waals surface area contributed by atoms with Crippen molar-refractivity contribution in [3.8, 4) is 0 Å². The maximum absolute atomic E-state index is 12.3. The highest BCUT2D eigenvalue weighted by Gasteiger charge is 2.22. The van der Waals surface area contributed by atoms with Crippen LogP contribution < -0.4 is 16.0 Å². The number of nitrogens with one attached hydrogen (secondary N) is 1. The van der Waals surface area contributed by atoms with E-state index in [0.717, 1.165) is 36.2 Å². The van der Waals surface area contributed by atoms with Gasteiger partial charge in [0.15, 0.2) is 0 Å². The summed E-state index contributed by atoms with van der Waals surface area (Å²) in [4.78, 5) is 25.9. The molecule has 0 saturated heterocycles. The fraction of sp³-hybridized carbons (Fsp3) is 0.263. The lowest BCUT2D eigenvalue weighted by Crippen LogP contribution is -2.40. The highest BCUT2D eigenvalue weighted by molar-refractivity contribution is 5.96. The van der Waals surface area contributed by atoms with Gasteiger partial charge in [0, 0.05) is 24.3 Å². The second-order valence-electron chi connectivity index (χ2n) is 5.95. The molecule has 0 saturated carbocycles. The molecule has 0 fully saturated rings. The van der Waals surface area contributed by atoms with E-state index in [9.17, 15) is 9.59 Å². The molecular weight excluding hydrogens is 302 g/mol. The Hall–Kier alpha value is -2.82. The van der Waals surface area contributed by atoms with E-state index in [0.29, 0.717) is 12.1 Å². The van der Waals surface area contributed by atoms with Gasteiger partial charge in [-0.25, -0.2) is 0 Å². The standard InChI is InChI=1S/C19H21N3O2/c20-19(24)16-8-4-10-17-15(16)9-5-11-22(17)13-18(23)21-12-14-6-2-1-3-7-14/h1-4,6-8,10H,5,9,11-13H2,(H2,20,24)(H,21,23). The number of fused-ring (bicyclic) bond motifs is 1. The third-order valence-electron chi connectivity index (χ3n) is 4.28. The molecule has 5 heteroatoms. The minimum absolute atomic E-state index is 0.0313. The molecule has 1 aliphatic rings. The summed E-state index contributed by atoms with van der Waals surface area (Å²) in [5.41, 5.74) is 8.98. The molecule has 24 heavy (non-hydrogen) atoms. The number of anilines is 1. The lowest BCUT2D eigenvalue weighted by atomic mass is 9.96. The first-order valence-corrected chi connectivity index (χ1v) is 8.12. The summed E-state index contributed by atoms with van der Waals surface area (Å²) in [6.45, 7) is 1.59. The summed E-state index contributed by atoms with van der Waals surface area (Å²) in [6, 6.07) is 15.3. The second kappa shape index (κ2) is 7.17. The van der Waals surface area contributed by atoms with Crippen LogP contribution in [0.5, 0.6) is 0 Å². The number of rotatable bonds is 5. The van der Waals surface area contributed by atoms with Crippen molar-refractivity contribution in [3.05, 3.63) is 65.2 Å². The lowest BCUT2D eigenvalue weighted by Gasteiger charge is -2.31. The van der Waals surface area contributed by atoms with Crippen molar-refractivity contribution in [2.45, 2.75) is 19.4 Å². The third kappa shape index (κ3) is 3.56. The fourth-order valence-electron chi connectivity index (χ4n) is 3.12. The van der Waals surface area contributed by atoms with Crippen LogP contribution in [-0.4, -0.2) is 24.9 Å². The van der Waals surface area contributed by atoms with E-state index in [2.05, 4.69) is 5.32 Å². The number of amides is 2. The Morgan fingerprint density at radius 2 is 1.88 bits per heavy atom. The van der Waals surface area contributed by atoms with Gasteiger partial charge in [0.25, 0.3) is 0 Å². The molecule has 1 heterocycles. The van der Waals surface area contributed by atoms with Gasteiger partial charge in [-0.1, -0.05) is 36.4 Å². The van der Waals surface area contributed by atoms with Crippen LogP contribution in [0, 0.1) is 0 Å². The molecule has 0 aromatic heterocycles. The molecule has 0 atom stereocenters. The zero-order valence-electron chi connectivity index (χ0n) is 13.5. The van der Waals surface area contributed by atoms with Gasteiger partial charge in [-0.15, -0.1) is 0 Å². The number of nitrogens with zero attached hydrogens (tertiary/aromatic N) is 1. The Labute approximate surface area is 141 Å². The summed E-state index contributed by atoms with van der Waals surface area (Å²) in [6.07, 6.45) is 1.72. The highest BCUT2D eigenvalue weighted by atomic mass is 16.2. The Morgan fingerprint density at radius 3 is 2.62 bits per heavy atom. The predicted octanol–water partition coefficient (Wildman–Crippen LogP) is 1.85. The Bertz CT molecular complexity index is 744. The van der Waals surface area contributed by atoms with Gasteiger partial charge in [0.1, 0.15) is 0 Å². The summed E-state index contributed by atoms with van der Waals surface area (Å²) in [5.74, 6) is -0.446. The highest BCUT2D eigenvalue weighted by Crippen LogP contribution is 2.29. The van der Waals surface area contributed by atoms with Crippen LogP contribution in [0.2, 0.25) is 0 Å². The number of nitrogens with two attached hydrogens (primary N) is 1. The number of primary amides is 1. The molecule has 0 radical (unpaired) electrons. The fourth-order valence-corrected chi connectivity index (χ4v) is 3.12. The summed E-state index contributed by atoms with van der Waals surface area (Å²) in [7, 11) is 0. The molecule has 2 aromatic carbocycles. The van der Waals surface area contributed by atoms with Crippen molar-refractivity contribution >= 4 is 17.5 Å². The maximum Gasteiger partial charge on any atom is 0.249 e. The van der Waals surface area contributed by atoms with E-state index in [1.165, 1.54) is 0 Å². The predicted molar refractivity (Wildman–Crippen MR) is 93.8 cm³/mol. The molecule has 1 aliphatic heterocycles. The molecular formula is C19H21N3O2. The molecule has 5 nitrogen and oxygen atoms in total. The largest absolute Gasteiger partial charge is 0.366 e. The first-order chi connectivity index (χ1) is 11.6. The quantitative estimate of drug-likeness (QED) is 0.882. The van der Waals surface area contributed by atoms with Crippen LogP contribution >= 0.6 is 0 Å². The second-order valence-corrected chi connectivity index (χ2v) is 5.95. The van der Waals surface area contributed by atoms with E-state index in [1.54, 1.807) is 6.07 Å². The maximum atomic E-state index is 12.3. The van der Waals surface area contributed by atoms with Gasteiger partial charge in [0.05, 0.1) is 6.54 Å². The van der Waals surface area contributed by atoms with E-state index < -0.39 is 5.91 Å². The van der Waals surface area contributed by atoms with Crippen molar-refractivity contribution in [1.82, 2.24) is 5.32 Å². The molecule has 2 amide bonds. The molecule has 0 aliphatic carbocycles. The van der Waals surface area contributed by atoms with Gasteiger partial charge in [0.2, 0.25) is 11.8 Å².